The molecule has 2 aromatic heterocycles. The third-order valence-electron chi connectivity index (χ3n) is 9.92. The van der Waals surface area contributed by atoms with Gasteiger partial charge in [-0.15, -0.1) is 20.4 Å². The molecule has 2 unspecified atom stereocenters. The molecular weight excluding hydrogens is 924 g/mol. The van der Waals surface area contributed by atoms with E-state index in [1.165, 1.54) is 85.1 Å². The molecule has 2 aliphatic rings. The highest BCUT2D eigenvalue weighted by Gasteiger charge is 2.28. The predicted molar refractivity (Wildman–Crippen MR) is 233 cm³/mol. The van der Waals surface area contributed by atoms with Crippen LogP contribution >= 0.6 is 55.4 Å². The zero-order chi connectivity index (χ0) is 41.8. The highest BCUT2D eigenvalue weighted by atomic mass is 79.9. The van der Waals surface area contributed by atoms with Gasteiger partial charge in [-0.05, 0) is 117 Å². The molecule has 2 aliphatic carbocycles. The van der Waals surface area contributed by atoms with E-state index in [1.807, 2.05) is 27.3 Å². The number of thioether (sulfide) groups is 2. The molecule has 2 amide bonds. The van der Waals surface area contributed by atoms with Crippen LogP contribution in [0.15, 0.2) is 92.6 Å². The number of nitrogens with zero attached hydrogens (tertiary/aromatic N) is 6. The maximum absolute atomic E-state index is 12.2. The Bertz CT molecular complexity index is 2560. The summed E-state index contributed by atoms with van der Waals surface area (Å²) in [6.07, 6.45) is 4.93. The molecule has 0 aliphatic heterocycles. The van der Waals surface area contributed by atoms with Crippen molar-refractivity contribution in [2.45, 2.75) is 73.8 Å². The van der Waals surface area contributed by atoms with Crippen LogP contribution in [0.25, 0.3) is 32.9 Å². The third kappa shape index (κ3) is 9.82. The van der Waals surface area contributed by atoms with Gasteiger partial charge in [0.1, 0.15) is 12.1 Å². The average molecular weight is 965 g/mol. The largest absolute Gasteiger partial charge is 0.480 e. The topological polar surface area (TPSA) is 183 Å². The smallest absolute Gasteiger partial charge is 0.328 e. The molecule has 2 fully saturated rings. The zero-order valence-electron chi connectivity index (χ0n) is 32.2. The van der Waals surface area contributed by atoms with Gasteiger partial charge in [0.25, 0.3) is 0 Å². The van der Waals surface area contributed by atoms with Crippen LogP contribution in [0, 0.1) is 0 Å². The maximum atomic E-state index is 12.2. The van der Waals surface area contributed by atoms with Crippen molar-refractivity contribution in [3.05, 3.63) is 93.4 Å². The van der Waals surface area contributed by atoms with Crippen molar-refractivity contribution < 1.29 is 29.0 Å². The molecule has 4 aromatic carbocycles. The minimum absolute atomic E-state index is 0.0425. The zero-order valence-corrected chi connectivity index (χ0v) is 37.0. The number of carboxylic acid groups (broad SMARTS) is 1. The molecule has 2 saturated carbocycles. The van der Waals surface area contributed by atoms with E-state index in [0.717, 1.165) is 22.1 Å². The molecule has 2 atom stereocenters. The lowest BCUT2D eigenvalue weighted by atomic mass is 9.99. The Morgan fingerprint density at radius 1 is 0.678 bits per heavy atom. The maximum Gasteiger partial charge on any atom is 0.328 e. The Labute approximate surface area is 364 Å². The normalized spacial score (nSPS) is 14.6. The average Bonchev–Trinajstić information content (AvgIpc) is 4.18. The van der Waals surface area contributed by atoms with E-state index in [0.29, 0.717) is 31.6 Å². The molecule has 6 aromatic rings. The molecule has 0 saturated heterocycles. The summed E-state index contributed by atoms with van der Waals surface area (Å²) in [4.78, 5) is 46.7. The minimum atomic E-state index is -1.07. The number of fused-ring (bicyclic) bond motifs is 2. The summed E-state index contributed by atoms with van der Waals surface area (Å²) in [5.74, 6) is -0.791. The van der Waals surface area contributed by atoms with Crippen molar-refractivity contribution in [2.75, 3.05) is 18.6 Å². The van der Waals surface area contributed by atoms with Crippen LogP contribution in [0.1, 0.15) is 62.5 Å². The number of carbonyl (C=O) groups excluding carboxylic acids is 3. The third-order valence-corrected chi connectivity index (χ3v) is 12.8. The second-order valence-corrected chi connectivity index (χ2v) is 17.5. The number of carboxylic acids is 1. The Hall–Kier alpha value is -4.78. The number of amides is 2. The number of hydrogen-bond donors (Lipinski definition) is 3. The van der Waals surface area contributed by atoms with E-state index in [4.69, 9.17) is 5.11 Å². The first-order chi connectivity index (χ1) is 28.4. The predicted octanol–water partition coefficient (Wildman–Crippen LogP) is 7.57. The lowest BCUT2D eigenvalue weighted by molar-refractivity contribution is -0.144. The molecule has 2 heterocycles. The van der Waals surface area contributed by atoms with Gasteiger partial charge in [-0.1, -0.05) is 84.2 Å². The number of carbonyl (C=O) groups is 4. The number of methoxy groups -OCH3 is 1. The van der Waals surface area contributed by atoms with Gasteiger partial charge in [0, 0.05) is 10.8 Å². The number of hydrogen-bond acceptors (Lipinski definition) is 11. The number of aliphatic carboxylic acids is 1. The fourth-order valence-corrected chi connectivity index (χ4v) is 9.35. The van der Waals surface area contributed by atoms with Crippen molar-refractivity contribution >= 4 is 101 Å². The van der Waals surface area contributed by atoms with E-state index in [9.17, 15) is 19.2 Å². The summed E-state index contributed by atoms with van der Waals surface area (Å²) in [5, 5.41) is 36.5. The van der Waals surface area contributed by atoms with Crippen LogP contribution in [-0.4, -0.2) is 89.1 Å². The van der Waals surface area contributed by atoms with E-state index in [1.54, 1.807) is 6.92 Å². The second-order valence-electron chi connectivity index (χ2n) is 14.2. The quantitative estimate of drug-likeness (QED) is 0.0720. The standard InChI is InChI=1S/C21H21BrN4O3S.C20H19BrN4O3S/c1-12(19(28)29-2)23-18(27)11-30-21-25-24-20(22)26(21)17-10-9-14(13-7-8-13)15-5-3-4-6-16(15)17;1-11(18(27)28)22-17(26)10-29-20-24-23-19(21)25(20)16-9-8-13(12-6-7-12)14-4-2-3-5-15(14)16/h3-6,9-10,12-13H,7-8,11H2,1-2H3,(H,23,27);2-5,8-9,11-12H,6-7,10H2,1H3,(H,22,26)(H,27,28). The summed E-state index contributed by atoms with van der Waals surface area (Å²) in [6.45, 7) is 3.01. The van der Waals surface area contributed by atoms with Crippen molar-refractivity contribution in [1.29, 1.82) is 0 Å². The lowest BCUT2D eigenvalue weighted by Gasteiger charge is -2.14. The van der Waals surface area contributed by atoms with Gasteiger partial charge in [0.15, 0.2) is 10.3 Å². The summed E-state index contributed by atoms with van der Waals surface area (Å²) in [7, 11) is 1.29. The molecule has 59 heavy (non-hydrogen) atoms. The van der Waals surface area contributed by atoms with Crippen molar-refractivity contribution in [3.8, 4) is 11.4 Å². The van der Waals surface area contributed by atoms with Crippen molar-refractivity contribution in [1.82, 2.24) is 40.2 Å². The van der Waals surface area contributed by atoms with E-state index in [2.05, 4.69) is 122 Å². The molecule has 0 bridgehead atoms. The van der Waals surface area contributed by atoms with Crippen LogP contribution in [0.4, 0.5) is 0 Å². The van der Waals surface area contributed by atoms with Gasteiger partial charge in [-0.3, -0.25) is 23.5 Å². The van der Waals surface area contributed by atoms with Crippen molar-refractivity contribution in [3.63, 3.8) is 0 Å². The Morgan fingerprint density at radius 2 is 1.08 bits per heavy atom. The fraction of sp³-hybridized carbons (Fsp3) is 0.317. The monoisotopic (exact) mass is 962 g/mol. The first-order valence-corrected chi connectivity index (χ1v) is 22.4. The first kappa shape index (κ1) is 42.3. The minimum Gasteiger partial charge on any atom is -0.480 e. The Kier molecular flexibility index (Phi) is 13.4. The van der Waals surface area contributed by atoms with E-state index < -0.39 is 24.0 Å². The molecule has 0 spiro atoms. The van der Waals surface area contributed by atoms with Crippen LogP contribution in [-0.2, 0) is 23.9 Å². The molecule has 18 heteroatoms. The lowest BCUT2D eigenvalue weighted by Crippen LogP contribution is -2.40. The van der Waals surface area contributed by atoms with E-state index >= 15 is 0 Å². The number of benzene rings is 4. The number of halogens is 2. The SMILES string of the molecule is CC(NC(=O)CSc1nnc(Br)n1-c1ccc(C2CC2)c2ccccc12)C(=O)O.COC(=O)C(C)NC(=O)CSc1nnc(Br)n1-c1ccc(C2CC2)c2ccccc12. The summed E-state index contributed by atoms with van der Waals surface area (Å²) in [5.41, 5.74) is 4.63. The van der Waals surface area contributed by atoms with Gasteiger partial charge in [0.2, 0.25) is 21.3 Å². The summed E-state index contributed by atoms with van der Waals surface area (Å²) in [6, 6.07) is 23.5. The van der Waals surface area contributed by atoms with Gasteiger partial charge in [-0.25, -0.2) is 4.79 Å². The van der Waals surface area contributed by atoms with Crippen LogP contribution in [0.3, 0.4) is 0 Å². The van der Waals surface area contributed by atoms with Crippen LogP contribution in [0.5, 0.6) is 0 Å². The molecule has 3 N–H and O–H groups in total. The number of esters is 1. The van der Waals surface area contributed by atoms with Gasteiger partial charge < -0.3 is 20.5 Å². The highest BCUT2D eigenvalue weighted by Crippen LogP contribution is 2.45. The first-order valence-electron chi connectivity index (χ1n) is 18.9. The van der Waals surface area contributed by atoms with Gasteiger partial charge in [-0.2, -0.15) is 0 Å². The summed E-state index contributed by atoms with van der Waals surface area (Å²) >= 11 is 9.42. The molecular formula is C41H40Br2N8O6S2. The number of ether oxygens (including phenoxy) is 1. The number of rotatable bonds is 14. The fourth-order valence-electron chi connectivity index (χ4n) is 6.72. The molecule has 0 radical (unpaired) electrons. The molecule has 14 nitrogen and oxygen atoms in total. The van der Waals surface area contributed by atoms with Gasteiger partial charge >= 0.3 is 11.9 Å². The number of nitrogens with one attached hydrogen (secondary N) is 2. The second kappa shape index (κ2) is 18.6. The number of aromatic nitrogens is 6. The van der Waals surface area contributed by atoms with E-state index in [-0.39, 0.29) is 23.3 Å². The molecule has 306 valence electrons. The van der Waals surface area contributed by atoms with Crippen molar-refractivity contribution in [2.24, 2.45) is 0 Å². The molecule has 8 rings (SSSR count). The summed E-state index contributed by atoms with van der Waals surface area (Å²) < 4.78 is 9.52. The van der Waals surface area contributed by atoms with Crippen LogP contribution < -0.4 is 10.6 Å². The van der Waals surface area contributed by atoms with Crippen LogP contribution in [0.2, 0.25) is 0 Å². The Balaban J connectivity index is 0.000000179. The highest BCUT2D eigenvalue weighted by molar-refractivity contribution is 9.10. The van der Waals surface area contributed by atoms with Gasteiger partial charge in [0.05, 0.1) is 30.0 Å². The Morgan fingerprint density at radius 3 is 1.47 bits per heavy atom.